The molecule has 2 aliphatic carbocycles. The maximum absolute atomic E-state index is 11.1. The molecule has 5 aliphatic rings. The molecule has 0 spiro atoms. The number of hydrogen-bond donors (Lipinski definition) is 1. The SMILES string of the molecule is C=C(N1CCCC1)N(c1cccc(OCC(=O)O)c1)C1C[C@H]2CCC[C@@H](C1)N2C1C[C@H]2CCC[C@@H](C1)C2. The number of nitrogens with zero attached hydrogens (tertiary/aromatic N) is 3. The molecule has 1 aromatic rings. The molecule has 5 fully saturated rings. The minimum atomic E-state index is -0.948. The molecule has 0 radical (unpaired) electrons. The highest BCUT2D eigenvalue weighted by Crippen LogP contribution is 2.47. The van der Waals surface area contributed by atoms with E-state index in [-0.39, 0.29) is 6.61 Å². The van der Waals surface area contributed by atoms with Gasteiger partial charge in [-0.25, -0.2) is 4.79 Å². The van der Waals surface area contributed by atoms with Crippen LogP contribution in [-0.4, -0.2) is 64.7 Å². The molecule has 6 atom stereocenters. The van der Waals surface area contributed by atoms with Gasteiger partial charge in [0.15, 0.2) is 6.61 Å². The van der Waals surface area contributed by atoms with Gasteiger partial charge in [0.05, 0.1) is 0 Å². The maximum atomic E-state index is 11.1. The molecular weight excluding hydrogens is 462 g/mol. The second kappa shape index (κ2) is 10.9. The van der Waals surface area contributed by atoms with Gasteiger partial charge in [-0.2, -0.15) is 0 Å². The molecular formula is C31H45N3O3. The van der Waals surface area contributed by atoms with E-state index in [0.717, 1.165) is 42.5 Å². The van der Waals surface area contributed by atoms with Crippen molar-refractivity contribution >= 4 is 11.7 Å². The van der Waals surface area contributed by atoms with E-state index in [9.17, 15) is 4.79 Å². The Morgan fingerprint density at radius 1 is 0.919 bits per heavy atom. The van der Waals surface area contributed by atoms with Crippen LogP contribution >= 0.6 is 0 Å². The Hall–Kier alpha value is -2.21. The zero-order chi connectivity index (χ0) is 25.4. The molecule has 6 heteroatoms. The van der Waals surface area contributed by atoms with Crippen LogP contribution in [0.5, 0.6) is 5.75 Å². The smallest absolute Gasteiger partial charge is 0.341 e. The summed E-state index contributed by atoms with van der Waals surface area (Å²) in [5.74, 6) is 2.71. The fraction of sp³-hybridized carbons (Fsp3) is 0.710. The Morgan fingerprint density at radius 3 is 2.27 bits per heavy atom. The number of anilines is 1. The first-order chi connectivity index (χ1) is 18.0. The molecule has 0 amide bonds. The fourth-order valence-corrected chi connectivity index (χ4v) is 8.70. The summed E-state index contributed by atoms with van der Waals surface area (Å²) in [7, 11) is 0. The number of hydrogen-bond acceptors (Lipinski definition) is 5. The van der Waals surface area contributed by atoms with Crippen LogP contribution in [0, 0.1) is 11.8 Å². The number of aliphatic carboxylic acids is 1. The van der Waals surface area contributed by atoms with Crippen molar-refractivity contribution < 1.29 is 14.6 Å². The minimum absolute atomic E-state index is 0.317. The molecule has 1 aromatic carbocycles. The topological polar surface area (TPSA) is 56.3 Å². The highest BCUT2D eigenvalue weighted by atomic mass is 16.5. The summed E-state index contributed by atoms with van der Waals surface area (Å²) in [5, 5.41) is 9.10. The van der Waals surface area contributed by atoms with E-state index >= 15 is 0 Å². The van der Waals surface area contributed by atoms with Crippen molar-refractivity contribution in [3.8, 4) is 5.75 Å². The number of carboxylic acids is 1. The maximum Gasteiger partial charge on any atom is 0.341 e. The van der Waals surface area contributed by atoms with Gasteiger partial charge in [0, 0.05) is 49.0 Å². The number of piperidine rings is 2. The quantitative estimate of drug-likeness (QED) is 0.474. The van der Waals surface area contributed by atoms with Gasteiger partial charge >= 0.3 is 5.97 Å². The molecule has 3 aliphatic heterocycles. The van der Waals surface area contributed by atoms with Crippen molar-refractivity contribution in [2.75, 3.05) is 24.6 Å². The zero-order valence-corrected chi connectivity index (χ0v) is 22.4. The Kier molecular flexibility index (Phi) is 7.38. The lowest BCUT2D eigenvalue weighted by Gasteiger charge is -2.57. The molecule has 2 saturated carbocycles. The molecule has 1 N–H and O–H groups in total. The van der Waals surface area contributed by atoms with Gasteiger partial charge in [0.1, 0.15) is 11.6 Å². The van der Waals surface area contributed by atoms with Crippen LogP contribution in [0.15, 0.2) is 36.7 Å². The number of benzene rings is 1. The van der Waals surface area contributed by atoms with Crippen LogP contribution < -0.4 is 9.64 Å². The summed E-state index contributed by atoms with van der Waals surface area (Å²) >= 11 is 0. The standard InChI is InChI=1S/C31H45N3O3/c1-22(32-13-2-3-14-32)33(27-11-6-12-30(20-27)37-21-31(35)36)29-18-25-9-5-10-26(19-29)34(25)28-16-23-7-4-8-24(15-23)17-28/h6,11-12,20,23-26,28-29H,1-5,7-10,13-19,21H2,(H,35,36)/t23-,24+,25-,26+,28?,29?. The van der Waals surface area contributed by atoms with Crippen LogP contribution in [0.4, 0.5) is 5.69 Å². The van der Waals surface area contributed by atoms with E-state index in [1.54, 1.807) is 0 Å². The molecule has 4 bridgehead atoms. The number of rotatable bonds is 8. The first-order valence-corrected chi connectivity index (χ1v) is 15.0. The molecule has 0 aromatic heterocycles. The third kappa shape index (κ3) is 5.36. The normalized spacial score (nSPS) is 33.7. The number of carbonyl (C=O) groups is 1. The summed E-state index contributed by atoms with van der Waals surface area (Å²) in [6.45, 7) is 6.46. The van der Waals surface area contributed by atoms with Crippen LogP contribution in [0.25, 0.3) is 0 Å². The highest BCUT2D eigenvalue weighted by molar-refractivity contribution is 5.68. The molecule has 37 heavy (non-hydrogen) atoms. The predicted octanol–water partition coefficient (Wildman–Crippen LogP) is 5.88. The van der Waals surface area contributed by atoms with E-state index < -0.39 is 5.97 Å². The summed E-state index contributed by atoms with van der Waals surface area (Å²) in [6.07, 6.45) is 17.6. The Bertz CT molecular complexity index is 950. The molecule has 6 rings (SSSR count). The Balaban J connectivity index is 1.25. The molecule has 6 nitrogen and oxygen atoms in total. The van der Waals surface area contributed by atoms with Gasteiger partial charge < -0.3 is 19.6 Å². The average Bonchev–Trinajstić information content (AvgIpc) is 3.42. The third-order valence-corrected chi connectivity index (χ3v) is 10.1. The van der Waals surface area contributed by atoms with E-state index in [1.165, 1.54) is 83.5 Å². The molecule has 202 valence electrons. The van der Waals surface area contributed by atoms with Gasteiger partial charge in [-0.3, -0.25) is 4.90 Å². The average molecular weight is 508 g/mol. The monoisotopic (exact) mass is 507 g/mol. The predicted molar refractivity (Wildman–Crippen MR) is 147 cm³/mol. The molecule has 2 unspecified atom stereocenters. The lowest BCUT2D eigenvalue weighted by Crippen LogP contribution is -2.61. The number of carboxylic acid groups (broad SMARTS) is 1. The van der Waals surface area contributed by atoms with Crippen molar-refractivity contribution in [2.45, 2.75) is 108 Å². The van der Waals surface area contributed by atoms with Gasteiger partial charge in [0.25, 0.3) is 0 Å². The van der Waals surface area contributed by atoms with Gasteiger partial charge in [-0.15, -0.1) is 0 Å². The zero-order valence-electron chi connectivity index (χ0n) is 22.4. The van der Waals surface area contributed by atoms with Crippen molar-refractivity contribution in [3.63, 3.8) is 0 Å². The van der Waals surface area contributed by atoms with Crippen molar-refractivity contribution in [1.29, 1.82) is 0 Å². The lowest BCUT2D eigenvalue weighted by molar-refractivity contribution is -0.139. The highest BCUT2D eigenvalue weighted by Gasteiger charge is 2.46. The largest absolute Gasteiger partial charge is 0.482 e. The molecule has 3 saturated heterocycles. The third-order valence-electron chi connectivity index (χ3n) is 10.1. The van der Waals surface area contributed by atoms with Gasteiger partial charge in [-0.05, 0) is 81.8 Å². The van der Waals surface area contributed by atoms with E-state index in [0.29, 0.717) is 23.9 Å². The van der Waals surface area contributed by atoms with Gasteiger partial charge in [-0.1, -0.05) is 38.3 Å². The van der Waals surface area contributed by atoms with E-state index in [2.05, 4.69) is 27.3 Å². The summed E-state index contributed by atoms with van der Waals surface area (Å²) in [5.41, 5.74) is 1.09. The van der Waals surface area contributed by atoms with Crippen molar-refractivity contribution in [3.05, 3.63) is 36.7 Å². The summed E-state index contributed by atoms with van der Waals surface area (Å²) in [4.78, 5) is 19.1. The minimum Gasteiger partial charge on any atom is -0.482 e. The van der Waals surface area contributed by atoms with Crippen LogP contribution in [0.3, 0.4) is 0 Å². The number of fused-ring (bicyclic) bond motifs is 4. The van der Waals surface area contributed by atoms with E-state index in [1.807, 2.05) is 18.2 Å². The van der Waals surface area contributed by atoms with Crippen molar-refractivity contribution in [1.82, 2.24) is 9.80 Å². The summed E-state index contributed by atoms with van der Waals surface area (Å²) in [6, 6.07) is 10.6. The second-order valence-electron chi connectivity index (χ2n) is 12.5. The second-order valence-corrected chi connectivity index (χ2v) is 12.5. The van der Waals surface area contributed by atoms with Crippen LogP contribution in [0.1, 0.15) is 83.5 Å². The van der Waals surface area contributed by atoms with Gasteiger partial charge in [0.2, 0.25) is 0 Å². The van der Waals surface area contributed by atoms with Crippen molar-refractivity contribution in [2.24, 2.45) is 11.8 Å². The first kappa shape index (κ1) is 25.1. The Morgan fingerprint density at radius 2 is 1.59 bits per heavy atom. The lowest BCUT2D eigenvalue weighted by atomic mass is 9.68. The van der Waals surface area contributed by atoms with E-state index in [4.69, 9.17) is 9.84 Å². The number of ether oxygens (including phenoxy) is 1. The molecule has 3 heterocycles. The van der Waals surface area contributed by atoms with Crippen LogP contribution in [0.2, 0.25) is 0 Å². The first-order valence-electron chi connectivity index (χ1n) is 15.0. The fourth-order valence-electron chi connectivity index (χ4n) is 8.70. The summed E-state index contributed by atoms with van der Waals surface area (Å²) < 4.78 is 5.58. The van der Waals surface area contributed by atoms with Crippen LogP contribution in [-0.2, 0) is 4.79 Å². The number of likely N-dealkylation sites (tertiary alicyclic amines) is 1. The Labute approximate surface area is 222 Å².